The first-order valence-electron chi connectivity index (χ1n) is 17.4. The lowest BCUT2D eigenvalue weighted by Crippen LogP contribution is -2.44. The van der Waals surface area contributed by atoms with Gasteiger partial charge in [0.1, 0.15) is 11.8 Å². The molecule has 2 unspecified atom stereocenters. The SMILES string of the molecule is CCCCC1(CC)CN(c2ccccc2)c2cc(SC)c(OCC(=O)NC(C(=O)NCC3CCNCC3)c3ccccc3)cc2S(=O)(=O)C1. The summed E-state index contributed by atoms with van der Waals surface area (Å²) >= 11 is 1.43. The lowest BCUT2D eigenvalue weighted by Gasteiger charge is -2.36. The number of nitrogens with zero attached hydrogens (tertiary/aromatic N) is 1. The molecule has 264 valence electrons. The van der Waals surface area contributed by atoms with Crippen LogP contribution in [0.5, 0.6) is 5.75 Å². The van der Waals surface area contributed by atoms with Gasteiger partial charge in [-0.05, 0) is 74.7 Å². The zero-order valence-corrected chi connectivity index (χ0v) is 30.5. The molecule has 1 fully saturated rings. The third-order valence-corrected chi connectivity index (χ3v) is 12.6. The number of carbonyl (C=O) groups is 2. The Bertz CT molecular complexity index is 1670. The monoisotopic (exact) mass is 706 g/mol. The number of anilines is 2. The van der Waals surface area contributed by atoms with Crippen LogP contribution < -0.4 is 25.6 Å². The van der Waals surface area contributed by atoms with Gasteiger partial charge in [-0.25, -0.2) is 8.42 Å². The smallest absolute Gasteiger partial charge is 0.258 e. The molecule has 3 N–H and O–H groups in total. The van der Waals surface area contributed by atoms with E-state index in [-0.39, 0.29) is 23.2 Å². The van der Waals surface area contributed by atoms with Crippen LogP contribution in [0.1, 0.15) is 64.0 Å². The van der Waals surface area contributed by atoms with E-state index in [9.17, 15) is 18.0 Å². The number of unbranched alkanes of at least 4 members (excludes halogenated alkanes) is 1. The van der Waals surface area contributed by atoms with Crippen molar-refractivity contribution in [3.8, 4) is 5.75 Å². The van der Waals surface area contributed by atoms with Crippen molar-refractivity contribution in [1.82, 2.24) is 16.0 Å². The quantitative estimate of drug-likeness (QED) is 0.168. The van der Waals surface area contributed by atoms with E-state index >= 15 is 0 Å². The Kier molecular flexibility index (Phi) is 12.7. The molecule has 0 bridgehead atoms. The topological polar surface area (TPSA) is 117 Å². The first-order valence-corrected chi connectivity index (χ1v) is 20.3. The van der Waals surface area contributed by atoms with Crippen molar-refractivity contribution in [3.05, 3.63) is 78.4 Å². The molecule has 2 heterocycles. The fourth-order valence-corrected chi connectivity index (χ4v) is 9.59. The summed E-state index contributed by atoms with van der Waals surface area (Å²) in [6.07, 6.45) is 7.37. The molecule has 11 heteroatoms. The molecular weight excluding hydrogens is 657 g/mol. The van der Waals surface area contributed by atoms with E-state index in [1.54, 1.807) is 6.07 Å². The fraction of sp³-hybridized carbons (Fsp3) is 0.474. The first kappa shape index (κ1) is 36.7. The van der Waals surface area contributed by atoms with Crippen molar-refractivity contribution >= 4 is 44.8 Å². The Labute approximate surface area is 295 Å². The molecular formula is C38H50N4O5S2. The van der Waals surface area contributed by atoms with Gasteiger partial charge in [-0.15, -0.1) is 11.8 Å². The molecule has 2 amide bonds. The number of rotatable bonds is 14. The number of hydrogen-bond acceptors (Lipinski definition) is 8. The maximum Gasteiger partial charge on any atom is 0.258 e. The third kappa shape index (κ3) is 9.18. The van der Waals surface area contributed by atoms with E-state index in [0.717, 1.165) is 62.2 Å². The molecule has 2 atom stereocenters. The minimum absolute atomic E-state index is 0.0383. The highest BCUT2D eigenvalue weighted by atomic mass is 32.2. The van der Waals surface area contributed by atoms with Gasteiger partial charge in [0.2, 0.25) is 5.91 Å². The van der Waals surface area contributed by atoms with Crippen molar-refractivity contribution in [1.29, 1.82) is 0 Å². The maximum atomic E-state index is 14.2. The van der Waals surface area contributed by atoms with Crippen LogP contribution in [0, 0.1) is 11.3 Å². The number of fused-ring (bicyclic) bond motifs is 1. The van der Waals surface area contributed by atoms with E-state index in [2.05, 4.69) is 34.7 Å². The number of thioether (sulfide) groups is 1. The van der Waals surface area contributed by atoms with Crippen molar-refractivity contribution in [3.63, 3.8) is 0 Å². The second-order valence-electron chi connectivity index (χ2n) is 13.2. The van der Waals surface area contributed by atoms with Gasteiger partial charge in [-0.2, -0.15) is 0 Å². The van der Waals surface area contributed by atoms with Gasteiger partial charge in [-0.3, -0.25) is 9.59 Å². The highest BCUT2D eigenvalue weighted by Crippen LogP contribution is 2.47. The Balaban J connectivity index is 1.40. The van der Waals surface area contributed by atoms with Crippen molar-refractivity contribution in [2.45, 2.75) is 68.2 Å². The fourth-order valence-electron chi connectivity index (χ4n) is 6.87. The van der Waals surface area contributed by atoms with E-state index < -0.39 is 27.2 Å². The van der Waals surface area contributed by atoms with Crippen LogP contribution in [0.15, 0.2) is 82.6 Å². The van der Waals surface area contributed by atoms with Crippen LogP contribution in [0.25, 0.3) is 0 Å². The molecule has 0 aromatic heterocycles. The number of carbonyl (C=O) groups excluding carboxylic acids is 2. The van der Waals surface area contributed by atoms with Crippen molar-refractivity contribution in [2.24, 2.45) is 11.3 Å². The van der Waals surface area contributed by atoms with Gasteiger partial charge in [0, 0.05) is 30.3 Å². The molecule has 0 radical (unpaired) electrons. The second kappa shape index (κ2) is 16.9. The van der Waals surface area contributed by atoms with E-state index in [1.165, 1.54) is 11.8 Å². The lowest BCUT2D eigenvalue weighted by atomic mass is 9.81. The molecule has 49 heavy (non-hydrogen) atoms. The first-order chi connectivity index (χ1) is 23.7. The van der Waals surface area contributed by atoms with Crippen molar-refractivity contribution < 1.29 is 22.7 Å². The minimum Gasteiger partial charge on any atom is -0.483 e. The predicted octanol–water partition coefficient (Wildman–Crippen LogP) is 6.27. The Morgan fingerprint density at radius 3 is 2.39 bits per heavy atom. The highest BCUT2D eigenvalue weighted by Gasteiger charge is 2.42. The summed E-state index contributed by atoms with van der Waals surface area (Å²) in [6, 6.07) is 21.7. The van der Waals surface area contributed by atoms with Gasteiger partial charge in [0.25, 0.3) is 5.91 Å². The number of hydrogen-bond donors (Lipinski definition) is 3. The zero-order valence-electron chi connectivity index (χ0n) is 28.9. The Morgan fingerprint density at radius 2 is 1.73 bits per heavy atom. The van der Waals surface area contributed by atoms with E-state index in [0.29, 0.717) is 36.0 Å². The van der Waals surface area contributed by atoms with Crippen LogP contribution in [0.4, 0.5) is 11.4 Å². The number of nitrogens with one attached hydrogen (secondary N) is 3. The number of para-hydroxylation sites is 1. The average Bonchev–Trinajstić information content (AvgIpc) is 3.23. The molecule has 2 aliphatic heterocycles. The third-order valence-electron chi connectivity index (χ3n) is 9.82. The van der Waals surface area contributed by atoms with Gasteiger partial charge >= 0.3 is 0 Å². The predicted molar refractivity (Wildman–Crippen MR) is 197 cm³/mol. The largest absolute Gasteiger partial charge is 0.483 e. The standard InChI is InChI=1S/C38H50N4O5S2/c1-4-6-19-38(5-2)26-42(30-15-11-8-12-16-30)31-22-33(48-3)32(23-34(31)49(45,46)27-38)47-25-35(43)41-36(29-13-9-7-10-14-29)37(44)40-24-28-17-20-39-21-18-28/h7-16,22-23,28,36,39H,4-6,17-21,24-27H2,1-3H3,(H,40,44)(H,41,43). The summed E-state index contributed by atoms with van der Waals surface area (Å²) in [7, 11) is -3.73. The number of amides is 2. The number of ether oxygens (including phenoxy) is 1. The van der Waals surface area contributed by atoms with Gasteiger partial charge < -0.3 is 25.6 Å². The molecule has 2 aliphatic rings. The summed E-state index contributed by atoms with van der Waals surface area (Å²) in [5.74, 6) is -0.00529. The maximum absolute atomic E-state index is 14.2. The van der Waals surface area contributed by atoms with Crippen LogP contribution in [0.2, 0.25) is 0 Å². The van der Waals surface area contributed by atoms with Crippen molar-refractivity contribution in [2.75, 3.05) is 49.7 Å². The summed E-state index contributed by atoms with van der Waals surface area (Å²) < 4.78 is 34.6. The minimum atomic E-state index is -3.73. The van der Waals surface area contributed by atoms with Crippen LogP contribution in [-0.2, 0) is 19.4 Å². The number of sulfone groups is 1. The number of piperidine rings is 1. The van der Waals surface area contributed by atoms with Crippen LogP contribution in [0.3, 0.4) is 0 Å². The molecule has 0 saturated carbocycles. The molecule has 0 spiro atoms. The second-order valence-corrected chi connectivity index (χ2v) is 16.1. The molecule has 9 nitrogen and oxygen atoms in total. The lowest BCUT2D eigenvalue weighted by molar-refractivity contribution is -0.130. The molecule has 0 aliphatic carbocycles. The number of benzene rings is 3. The van der Waals surface area contributed by atoms with Gasteiger partial charge in [0.05, 0.1) is 21.2 Å². The van der Waals surface area contributed by atoms with Crippen LogP contribution in [-0.4, -0.2) is 65.0 Å². The van der Waals surface area contributed by atoms with Crippen LogP contribution >= 0.6 is 11.8 Å². The highest BCUT2D eigenvalue weighted by molar-refractivity contribution is 7.98. The zero-order chi connectivity index (χ0) is 34.9. The summed E-state index contributed by atoms with van der Waals surface area (Å²) in [5, 5.41) is 9.24. The summed E-state index contributed by atoms with van der Waals surface area (Å²) in [5.41, 5.74) is 1.79. The Hall–Kier alpha value is -3.54. The summed E-state index contributed by atoms with van der Waals surface area (Å²) in [6.45, 7) is 6.83. The normalized spacial score (nSPS) is 19.7. The molecule has 5 rings (SSSR count). The summed E-state index contributed by atoms with van der Waals surface area (Å²) in [4.78, 5) is 29.8. The molecule has 3 aromatic rings. The Morgan fingerprint density at radius 1 is 1.04 bits per heavy atom. The van der Waals surface area contributed by atoms with Gasteiger partial charge in [0.15, 0.2) is 16.4 Å². The van der Waals surface area contributed by atoms with Gasteiger partial charge in [-0.1, -0.05) is 75.2 Å². The van der Waals surface area contributed by atoms with E-state index in [4.69, 9.17) is 4.74 Å². The van der Waals surface area contributed by atoms with E-state index in [1.807, 2.05) is 73.0 Å². The average molecular weight is 707 g/mol. The molecule has 3 aromatic carbocycles. The molecule has 1 saturated heterocycles.